The topological polar surface area (TPSA) is 49.9 Å². The summed E-state index contributed by atoms with van der Waals surface area (Å²) in [6, 6.07) is 7.03. The first-order chi connectivity index (χ1) is 11.9. The van der Waals surface area contributed by atoms with Gasteiger partial charge in [-0.05, 0) is 70.8 Å². The van der Waals surface area contributed by atoms with Crippen molar-refractivity contribution >= 4 is 11.7 Å². The maximum Gasteiger partial charge on any atom is 0.263 e. The molecule has 3 rings (SSSR count). The fourth-order valence-corrected chi connectivity index (χ4v) is 3.92. The van der Waals surface area contributed by atoms with E-state index in [4.69, 9.17) is 4.74 Å². The smallest absolute Gasteiger partial charge is 0.263 e. The number of amides is 1. The quantitative estimate of drug-likeness (QED) is 0.788. The third kappa shape index (κ3) is 4.03. The van der Waals surface area contributed by atoms with Crippen molar-refractivity contribution in [2.75, 3.05) is 33.2 Å². The number of ketones is 1. The summed E-state index contributed by atoms with van der Waals surface area (Å²) in [4.78, 5) is 28.6. The van der Waals surface area contributed by atoms with Gasteiger partial charge in [-0.1, -0.05) is 12.1 Å². The van der Waals surface area contributed by atoms with Gasteiger partial charge in [-0.25, -0.2) is 0 Å². The molecule has 2 aliphatic heterocycles. The third-order valence-electron chi connectivity index (χ3n) is 5.70. The number of Topliss-reactive ketones (excluding diaryl/α,β-unsaturated/α-hetero) is 1. The minimum Gasteiger partial charge on any atom is -0.481 e. The van der Waals surface area contributed by atoms with Crippen LogP contribution in [0.1, 0.15) is 43.5 Å². The van der Waals surface area contributed by atoms with E-state index in [0.29, 0.717) is 16.7 Å². The number of carbonyl (C=O) groups is 2. The zero-order chi connectivity index (χ0) is 18.0. The van der Waals surface area contributed by atoms with Crippen molar-refractivity contribution in [2.24, 2.45) is 5.41 Å². The molecule has 2 fully saturated rings. The number of hydrogen-bond donors (Lipinski definition) is 0. The second-order valence-corrected chi connectivity index (χ2v) is 7.66. The largest absolute Gasteiger partial charge is 0.481 e. The van der Waals surface area contributed by atoms with Gasteiger partial charge in [0.15, 0.2) is 11.9 Å². The van der Waals surface area contributed by atoms with Crippen LogP contribution in [0.15, 0.2) is 24.3 Å². The average Bonchev–Trinajstić information content (AvgIpc) is 3.01. The molecule has 0 N–H and O–H groups in total. The highest BCUT2D eigenvalue weighted by atomic mass is 16.5. The Labute approximate surface area is 149 Å². The van der Waals surface area contributed by atoms with Crippen LogP contribution >= 0.6 is 0 Å². The molecular formula is C20H28N2O3. The van der Waals surface area contributed by atoms with Gasteiger partial charge in [0.25, 0.3) is 5.91 Å². The Morgan fingerprint density at radius 3 is 2.52 bits per heavy atom. The normalized spacial score (nSPS) is 21.3. The molecule has 1 atom stereocenters. The van der Waals surface area contributed by atoms with E-state index in [1.54, 1.807) is 31.2 Å². The first-order valence-electron chi connectivity index (χ1n) is 9.14. The minimum atomic E-state index is -0.538. The molecule has 5 nitrogen and oxygen atoms in total. The lowest BCUT2D eigenvalue weighted by Crippen LogP contribution is -2.43. The molecule has 0 saturated carbocycles. The van der Waals surface area contributed by atoms with E-state index < -0.39 is 6.10 Å². The number of likely N-dealkylation sites (tertiary alicyclic amines) is 2. The number of carbonyl (C=O) groups excluding carboxylic acids is 2. The van der Waals surface area contributed by atoms with Crippen molar-refractivity contribution in [2.45, 2.75) is 39.2 Å². The Hall–Kier alpha value is -1.88. The van der Waals surface area contributed by atoms with Crippen molar-refractivity contribution in [3.05, 3.63) is 29.8 Å². The van der Waals surface area contributed by atoms with Gasteiger partial charge in [0, 0.05) is 18.7 Å². The standard InChI is InChI=1S/C20H28N2O3/c1-15(23)17-5-4-6-18(13-17)25-16(2)19(24)22-12-9-20(14-22)7-10-21(3)11-8-20/h4-6,13,16H,7-12,14H2,1-3H3/t16-/m1/s1. The second-order valence-electron chi connectivity index (χ2n) is 7.66. The third-order valence-corrected chi connectivity index (χ3v) is 5.70. The van der Waals surface area contributed by atoms with Gasteiger partial charge in [0.1, 0.15) is 5.75 Å². The molecule has 0 radical (unpaired) electrons. The van der Waals surface area contributed by atoms with Gasteiger partial charge >= 0.3 is 0 Å². The van der Waals surface area contributed by atoms with Crippen LogP contribution in [0.5, 0.6) is 5.75 Å². The summed E-state index contributed by atoms with van der Waals surface area (Å²) in [5.74, 6) is 0.610. The number of nitrogens with zero attached hydrogens (tertiary/aromatic N) is 2. The monoisotopic (exact) mass is 344 g/mol. The van der Waals surface area contributed by atoms with E-state index in [-0.39, 0.29) is 11.7 Å². The van der Waals surface area contributed by atoms with Crippen LogP contribution in [0.25, 0.3) is 0 Å². The van der Waals surface area contributed by atoms with Crippen LogP contribution in [0.2, 0.25) is 0 Å². The lowest BCUT2D eigenvalue weighted by molar-refractivity contribution is -0.137. The Morgan fingerprint density at radius 2 is 1.84 bits per heavy atom. The highest BCUT2D eigenvalue weighted by Crippen LogP contribution is 2.40. The zero-order valence-electron chi connectivity index (χ0n) is 15.5. The molecular weight excluding hydrogens is 316 g/mol. The summed E-state index contributed by atoms with van der Waals surface area (Å²) in [6.07, 6.45) is 2.90. The SMILES string of the molecule is CC(=O)c1cccc(O[C@H](C)C(=O)N2CCC3(CCN(C)CC3)C2)c1. The summed E-state index contributed by atoms with van der Waals surface area (Å²) < 4.78 is 5.82. The van der Waals surface area contributed by atoms with E-state index in [1.807, 2.05) is 4.90 Å². The molecule has 0 unspecified atom stereocenters. The maximum atomic E-state index is 12.8. The Kier molecular flexibility index (Phi) is 5.13. The fraction of sp³-hybridized carbons (Fsp3) is 0.600. The summed E-state index contributed by atoms with van der Waals surface area (Å²) >= 11 is 0. The molecule has 1 spiro atoms. The summed E-state index contributed by atoms with van der Waals surface area (Å²) in [7, 11) is 2.16. The van der Waals surface area contributed by atoms with Gasteiger partial charge in [-0.2, -0.15) is 0 Å². The molecule has 2 aliphatic rings. The molecule has 2 saturated heterocycles. The molecule has 25 heavy (non-hydrogen) atoms. The molecule has 5 heteroatoms. The van der Waals surface area contributed by atoms with Gasteiger partial charge in [-0.3, -0.25) is 9.59 Å². The first-order valence-corrected chi connectivity index (χ1v) is 9.14. The van der Waals surface area contributed by atoms with Crippen molar-refractivity contribution in [1.82, 2.24) is 9.80 Å². The average molecular weight is 344 g/mol. The van der Waals surface area contributed by atoms with Gasteiger partial charge in [0.2, 0.25) is 0 Å². The van der Waals surface area contributed by atoms with Gasteiger partial charge < -0.3 is 14.5 Å². The number of piperidine rings is 1. The highest BCUT2D eigenvalue weighted by molar-refractivity contribution is 5.94. The molecule has 2 heterocycles. The maximum absolute atomic E-state index is 12.8. The van der Waals surface area contributed by atoms with E-state index in [0.717, 1.165) is 32.6 Å². The Balaban J connectivity index is 1.60. The molecule has 1 aromatic rings. The van der Waals surface area contributed by atoms with E-state index >= 15 is 0 Å². The highest BCUT2D eigenvalue weighted by Gasteiger charge is 2.42. The Bertz CT molecular complexity index is 650. The van der Waals surface area contributed by atoms with Crippen LogP contribution in [-0.4, -0.2) is 60.8 Å². The minimum absolute atomic E-state index is 0.00631. The summed E-state index contributed by atoms with van der Waals surface area (Å²) in [6.45, 7) is 7.23. The first kappa shape index (κ1) is 17.9. The predicted octanol–water partition coefficient (Wildman–Crippen LogP) is 2.60. The molecule has 136 valence electrons. The number of hydrogen-bond acceptors (Lipinski definition) is 4. The van der Waals surface area contributed by atoms with Crippen LogP contribution in [-0.2, 0) is 4.79 Å². The number of benzene rings is 1. The molecule has 1 aromatic carbocycles. The van der Waals surface area contributed by atoms with E-state index in [9.17, 15) is 9.59 Å². The lowest BCUT2D eigenvalue weighted by atomic mass is 9.78. The van der Waals surface area contributed by atoms with Crippen molar-refractivity contribution in [3.63, 3.8) is 0 Å². The van der Waals surface area contributed by atoms with Gasteiger partial charge in [0.05, 0.1) is 0 Å². The van der Waals surface area contributed by atoms with Crippen molar-refractivity contribution in [1.29, 1.82) is 0 Å². The fourth-order valence-electron chi connectivity index (χ4n) is 3.92. The predicted molar refractivity (Wildman–Crippen MR) is 96.9 cm³/mol. The zero-order valence-corrected chi connectivity index (χ0v) is 15.5. The van der Waals surface area contributed by atoms with E-state index in [2.05, 4.69) is 11.9 Å². The number of ether oxygens (including phenoxy) is 1. The molecule has 0 bridgehead atoms. The lowest BCUT2D eigenvalue weighted by Gasteiger charge is -2.37. The van der Waals surface area contributed by atoms with Crippen LogP contribution < -0.4 is 4.74 Å². The molecule has 0 aromatic heterocycles. The molecule has 1 amide bonds. The van der Waals surface area contributed by atoms with Crippen molar-refractivity contribution < 1.29 is 14.3 Å². The second kappa shape index (κ2) is 7.16. The summed E-state index contributed by atoms with van der Waals surface area (Å²) in [5, 5.41) is 0. The van der Waals surface area contributed by atoms with Gasteiger partial charge in [-0.15, -0.1) is 0 Å². The van der Waals surface area contributed by atoms with Crippen molar-refractivity contribution in [3.8, 4) is 5.75 Å². The Morgan fingerprint density at radius 1 is 1.16 bits per heavy atom. The van der Waals surface area contributed by atoms with Crippen LogP contribution in [0.4, 0.5) is 0 Å². The van der Waals surface area contributed by atoms with Crippen LogP contribution in [0, 0.1) is 5.41 Å². The van der Waals surface area contributed by atoms with Crippen LogP contribution in [0.3, 0.4) is 0 Å². The molecule has 0 aliphatic carbocycles. The number of rotatable bonds is 4. The van der Waals surface area contributed by atoms with E-state index in [1.165, 1.54) is 19.8 Å². The summed E-state index contributed by atoms with van der Waals surface area (Å²) in [5.41, 5.74) is 0.903.